The number of aromatic nitrogens is 3. The molecule has 0 aliphatic heterocycles. The van der Waals surface area contributed by atoms with E-state index < -0.39 is 0 Å². The molecule has 1 heterocycles. The second kappa shape index (κ2) is 9.96. The Kier molecular flexibility index (Phi) is 7.65. The van der Waals surface area contributed by atoms with Gasteiger partial charge >= 0.3 is 0 Å². The van der Waals surface area contributed by atoms with E-state index in [1.54, 1.807) is 35.2 Å². The third kappa shape index (κ3) is 6.51. The van der Waals surface area contributed by atoms with E-state index in [4.69, 9.17) is 0 Å². The number of anilines is 1. The fourth-order valence-corrected chi connectivity index (χ4v) is 2.97. The lowest BCUT2D eigenvalue weighted by molar-refractivity contribution is -0.113. The van der Waals surface area contributed by atoms with Gasteiger partial charge in [-0.2, -0.15) is 0 Å². The molecule has 0 saturated carbocycles. The molecule has 0 fully saturated rings. The zero-order valence-corrected chi connectivity index (χ0v) is 16.2. The summed E-state index contributed by atoms with van der Waals surface area (Å²) >= 11 is 1.31. The molecule has 140 valence electrons. The molecule has 0 aliphatic rings. The van der Waals surface area contributed by atoms with Crippen molar-refractivity contribution in [3.8, 4) is 0 Å². The summed E-state index contributed by atoms with van der Waals surface area (Å²) < 4.78 is 1.75. The predicted molar refractivity (Wildman–Crippen MR) is 103 cm³/mol. The van der Waals surface area contributed by atoms with Crippen molar-refractivity contribution in [1.29, 1.82) is 0 Å². The van der Waals surface area contributed by atoms with Gasteiger partial charge in [0, 0.05) is 24.8 Å². The van der Waals surface area contributed by atoms with E-state index in [9.17, 15) is 9.59 Å². The van der Waals surface area contributed by atoms with E-state index in [-0.39, 0.29) is 17.6 Å². The van der Waals surface area contributed by atoms with Crippen molar-refractivity contribution in [1.82, 2.24) is 20.1 Å². The van der Waals surface area contributed by atoms with Gasteiger partial charge in [-0.3, -0.25) is 9.59 Å². The highest BCUT2D eigenvalue weighted by Crippen LogP contribution is 2.15. The van der Waals surface area contributed by atoms with Gasteiger partial charge in [0.2, 0.25) is 5.91 Å². The molecule has 26 heavy (non-hydrogen) atoms. The van der Waals surface area contributed by atoms with Gasteiger partial charge in [0.25, 0.3) is 5.91 Å². The third-order valence-electron chi connectivity index (χ3n) is 3.65. The molecule has 0 spiro atoms. The summed E-state index contributed by atoms with van der Waals surface area (Å²) in [4.78, 5) is 24.3. The highest BCUT2D eigenvalue weighted by atomic mass is 32.2. The van der Waals surface area contributed by atoms with Crippen molar-refractivity contribution in [2.24, 2.45) is 13.0 Å². The summed E-state index contributed by atoms with van der Waals surface area (Å²) in [5, 5.41) is 14.1. The molecule has 2 amide bonds. The van der Waals surface area contributed by atoms with Crippen LogP contribution >= 0.6 is 11.8 Å². The van der Waals surface area contributed by atoms with Gasteiger partial charge in [-0.05, 0) is 37.0 Å². The standard InChI is InChI=1S/C18H25N5O2S/c1-13(2)6-5-9-19-17(25)14-7-4-8-15(10-14)21-16(24)11-26-18-22-20-12-23(18)3/h4,7-8,10,12-13H,5-6,9,11H2,1-3H3,(H,19,25)(H,21,24). The lowest BCUT2D eigenvalue weighted by atomic mass is 10.1. The van der Waals surface area contributed by atoms with Crippen LogP contribution in [0.25, 0.3) is 0 Å². The van der Waals surface area contributed by atoms with Crippen molar-refractivity contribution in [3.63, 3.8) is 0 Å². The summed E-state index contributed by atoms with van der Waals surface area (Å²) in [5.74, 6) is 0.564. The second-order valence-corrected chi connectivity index (χ2v) is 7.38. The predicted octanol–water partition coefficient (Wildman–Crippen LogP) is 2.71. The van der Waals surface area contributed by atoms with E-state index in [1.165, 1.54) is 11.8 Å². The highest BCUT2D eigenvalue weighted by molar-refractivity contribution is 7.99. The fourth-order valence-electron chi connectivity index (χ4n) is 2.28. The van der Waals surface area contributed by atoms with Crippen LogP contribution in [-0.4, -0.2) is 38.9 Å². The second-order valence-electron chi connectivity index (χ2n) is 6.43. The normalized spacial score (nSPS) is 10.8. The molecule has 0 unspecified atom stereocenters. The number of nitrogens with one attached hydrogen (secondary N) is 2. The van der Waals surface area contributed by atoms with Crippen LogP contribution in [0.3, 0.4) is 0 Å². The van der Waals surface area contributed by atoms with Gasteiger partial charge in [-0.15, -0.1) is 10.2 Å². The fraction of sp³-hybridized carbons (Fsp3) is 0.444. The first-order chi connectivity index (χ1) is 12.5. The minimum atomic E-state index is -0.160. The summed E-state index contributed by atoms with van der Waals surface area (Å²) in [6.07, 6.45) is 3.63. The quantitative estimate of drug-likeness (QED) is 0.520. The molecule has 2 aromatic rings. The number of amides is 2. The first-order valence-electron chi connectivity index (χ1n) is 8.60. The molecule has 0 bridgehead atoms. The Labute approximate surface area is 158 Å². The van der Waals surface area contributed by atoms with Crippen LogP contribution < -0.4 is 10.6 Å². The van der Waals surface area contributed by atoms with Crippen molar-refractivity contribution in [2.45, 2.75) is 31.8 Å². The summed E-state index contributed by atoms with van der Waals surface area (Å²) in [6.45, 7) is 4.98. The maximum Gasteiger partial charge on any atom is 0.251 e. The van der Waals surface area contributed by atoms with Gasteiger partial charge in [-0.25, -0.2) is 0 Å². The lowest BCUT2D eigenvalue weighted by Gasteiger charge is -2.09. The number of carbonyl (C=O) groups is 2. The first kappa shape index (κ1) is 20.0. The zero-order chi connectivity index (χ0) is 18.9. The van der Waals surface area contributed by atoms with Crippen LogP contribution in [0, 0.1) is 5.92 Å². The Hall–Kier alpha value is -2.35. The summed E-state index contributed by atoms with van der Waals surface area (Å²) in [7, 11) is 1.82. The Bertz CT molecular complexity index is 745. The number of benzene rings is 1. The van der Waals surface area contributed by atoms with Crippen molar-refractivity contribution in [2.75, 3.05) is 17.6 Å². The van der Waals surface area contributed by atoms with Crippen LogP contribution in [-0.2, 0) is 11.8 Å². The number of rotatable bonds is 9. The minimum absolute atomic E-state index is 0.127. The molecule has 7 nitrogen and oxygen atoms in total. The molecular formula is C18H25N5O2S. The van der Waals surface area contributed by atoms with E-state index in [1.807, 2.05) is 7.05 Å². The van der Waals surface area contributed by atoms with E-state index in [2.05, 4.69) is 34.7 Å². The number of nitrogens with zero attached hydrogens (tertiary/aromatic N) is 3. The lowest BCUT2D eigenvalue weighted by Crippen LogP contribution is -2.25. The number of hydrogen-bond donors (Lipinski definition) is 2. The number of aryl methyl sites for hydroxylation is 1. The van der Waals surface area contributed by atoms with Crippen LogP contribution in [0.15, 0.2) is 35.7 Å². The first-order valence-corrected chi connectivity index (χ1v) is 9.59. The zero-order valence-electron chi connectivity index (χ0n) is 15.4. The van der Waals surface area contributed by atoms with Gasteiger partial charge in [0.05, 0.1) is 5.75 Å². The van der Waals surface area contributed by atoms with Crippen LogP contribution in [0.1, 0.15) is 37.0 Å². The van der Waals surface area contributed by atoms with E-state index >= 15 is 0 Å². The third-order valence-corrected chi connectivity index (χ3v) is 4.69. The monoisotopic (exact) mass is 375 g/mol. The Morgan fingerprint density at radius 1 is 1.31 bits per heavy atom. The van der Waals surface area contributed by atoms with Crippen molar-refractivity contribution >= 4 is 29.3 Å². The SMILES string of the molecule is CC(C)CCCNC(=O)c1cccc(NC(=O)CSc2nncn2C)c1. The Morgan fingerprint density at radius 2 is 2.12 bits per heavy atom. The largest absolute Gasteiger partial charge is 0.352 e. The minimum Gasteiger partial charge on any atom is -0.352 e. The molecule has 0 saturated heterocycles. The average molecular weight is 375 g/mol. The molecule has 0 radical (unpaired) electrons. The average Bonchev–Trinajstić information content (AvgIpc) is 3.02. The summed E-state index contributed by atoms with van der Waals surface area (Å²) in [6, 6.07) is 6.94. The van der Waals surface area contributed by atoms with Crippen LogP contribution in [0.2, 0.25) is 0 Å². The molecule has 8 heteroatoms. The van der Waals surface area contributed by atoms with Gasteiger partial charge in [-0.1, -0.05) is 31.7 Å². The van der Waals surface area contributed by atoms with Crippen LogP contribution in [0.5, 0.6) is 0 Å². The molecule has 1 aromatic carbocycles. The highest BCUT2D eigenvalue weighted by Gasteiger charge is 2.10. The number of hydrogen-bond acceptors (Lipinski definition) is 5. The summed E-state index contributed by atoms with van der Waals surface area (Å²) in [5.41, 5.74) is 1.14. The van der Waals surface area contributed by atoms with Gasteiger partial charge < -0.3 is 15.2 Å². The number of thioether (sulfide) groups is 1. The molecule has 2 rings (SSSR count). The Balaban J connectivity index is 1.82. The maximum atomic E-state index is 12.2. The molecule has 0 atom stereocenters. The molecular weight excluding hydrogens is 350 g/mol. The molecule has 0 aliphatic carbocycles. The van der Waals surface area contributed by atoms with Gasteiger partial charge in [0.15, 0.2) is 5.16 Å². The maximum absolute atomic E-state index is 12.2. The van der Waals surface area contributed by atoms with Crippen LogP contribution in [0.4, 0.5) is 5.69 Å². The van der Waals surface area contributed by atoms with E-state index in [0.29, 0.717) is 28.9 Å². The van der Waals surface area contributed by atoms with Crippen molar-refractivity contribution in [3.05, 3.63) is 36.2 Å². The molecule has 1 aromatic heterocycles. The van der Waals surface area contributed by atoms with E-state index in [0.717, 1.165) is 12.8 Å². The number of carbonyl (C=O) groups excluding carboxylic acids is 2. The van der Waals surface area contributed by atoms with Crippen molar-refractivity contribution < 1.29 is 9.59 Å². The Morgan fingerprint density at radius 3 is 2.81 bits per heavy atom. The molecule has 2 N–H and O–H groups in total. The van der Waals surface area contributed by atoms with Gasteiger partial charge in [0.1, 0.15) is 6.33 Å². The smallest absolute Gasteiger partial charge is 0.251 e. The topological polar surface area (TPSA) is 88.9 Å².